The van der Waals surface area contributed by atoms with E-state index in [1.54, 1.807) is 6.20 Å². The third-order valence-electron chi connectivity index (χ3n) is 3.15. The number of benzene rings is 1. The van der Waals surface area contributed by atoms with E-state index in [1.807, 2.05) is 12.3 Å². The SMILES string of the molecule is NCc1ccc2c(ccn2Cc2cccnc2)c1. The Bertz CT molecular complexity index is 656. The first-order valence-corrected chi connectivity index (χ1v) is 6.03. The zero-order valence-electron chi connectivity index (χ0n) is 10.1. The van der Waals surface area contributed by atoms with Crippen LogP contribution < -0.4 is 5.73 Å². The minimum Gasteiger partial charge on any atom is -0.343 e. The van der Waals surface area contributed by atoms with Gasteiger partial charge < -0.3 is 10.3 Å². The summed E-state index contributed by atoms with van der Waals surface area (Å²) in [5, 5.41) is 1.24. The molecular weight excluding hydrogens is 222 g/mol. The zero-order valence-corrected chi connectivity index (χ0v) is 10.1. The second kappa shape index (κ2) is 4.63. The molecule has 0 atom stereocenters. The number of nitrogens with two attached hydrogens (primary N) is 1. The van der Waals surface area contributed by atoms with Crippen molar-refractivity contribution >= 4 is 10.9 Å². The van der Waals surface area contributed by atoms with Crippen LogP contribution in [0.3, 0.4) is 0 Å². The van der Waals surface area contributed by atoms with Crippen LogP contribution in [0.15, 0.2) is 55.0 Å². The predicted octanol–water partition coefficient (Wildman–Crippen LogP) is 2.54. The molecule has 90 valence electrons. The zero-order chi connectivity index (χ0) is 12.4. The molecule has 3 aromatic rings. The van der Waals surface area contributed by atoms with E-state index in [-0.39, 0.29) is 0 Å². The summed E-state index contributed by atoms with van der Waals surface area (Å²) in [4.78, 5) is 4.14. The molecule has 0 aliphatic carbocycles. The van der Waals surface area contributed by atoms with Crippen molar-refractivity contribution in [3.05, 3.63) is 66.1 Å². The van der Waals surface area contributed by atoms with Crippen LogP contribution >= 0.6 is 0 Å². The Balaban J connectivity index is 1.98. The fourth-order valence-corrected chi connectivity index (χ4v) is 2.20. The summed E-state index contributed by atoms with van der Waals surface area (Å²) in [7, 11) is 0. The van der Waals surface area contributed by atoms with E-state index in [2.05, 4.69) is 46.1 Å². The highest BCUT2D eigenvalue weighted by molar-refractivity contribution is 5.81. The highest BCUT2D eigenvalue weighted by Gasteiger charge is 2.02. The summed E-state index contributed by atoms with van der Waals surface area (Å²) in [6.07, 6.45) is 5.81. The molecule has 0 saturated heterocycles. The molecule has 1 aromatic carbocycles. The van der Waals surface area contributed by atoms with Crippen molar-refractivity contribution in [1.82, 2.24) is 9.55 Å². The molecule has 0 radical (unpaired) electrons. The number of rotatable bonds is 3. The molecule has 0 fully saturated rings. The van der Waals surface area contributed by atoms with Crippen LogP contribution in [0.5, 0.6) is 0 Å². The average Bonchev–Trinajstić information content (AvgIpc) is 2.82. The lowest BCUT2D eigenvalue weighted by molar-refractivity contribution is 0.831. The van der Waals surface area contributed by atoms with E-state index in [1.165, 1.54) is 22.0 Å². The van der Waals surface area contributed by atoms with Crippen LogP contribution in [0, 0.1) is 0 Å². The van der Waals surface area contributed by atoms with Gasteiger partial charge in [-0.25, -0.2) is 0 Å². The van der Waals surface area contributed by atoms with E-state index in [0.29, 0.717) is 6.54 Å². The highest BCUT2D eigenvalue weighted by Crippen LogP contribution is 2.18. The minimum atomic E-state index is 0.587. The van der Waals surface area contributed by atoms with Gasteiger partial charge in [-0.2, -0.15) is 0 Å². The summed E-state index contributed by atoms with van der Waals surface area (Å²) in [5.41, 5.74) is 9.26. The standard InChI is InChI=1S/C15H15N3/c16-9-12-3-4-15-14(8-12)5-7-18(15)11-13-2-1-6-17-10-13/h1-8,10H,9,11,16H2. The maximum absolute atomic E-state index is 5.66. The Morgan fingerprint density at radius 2 is 2.06 bits per heavy atom. The van der Waals surface area contributed by atoms with Crippen molar-refractivity contribution in [2.45, 2.75) is 13.1 Å². The van der Waals surface area contributed by atoms with E-state index in [9.17, 15) is 0 Å². The van der Waals surface area contributed by atoms with Crippen LogP contribution in [0.2, 0.25) is 0 Å². The molecule has 0 saturated carbocycles. The van der Waals surface area contributed by atoms with Gasteiger partial charge in [0.25, 0.3) is 0 Å². The topological polar surface area (TPSA) is 43.8 Å². The minimum absolute atomic E-state index is 0.587. The molecule has 0 bridgehead atoms. The fourth-order valence-electron chi connectivity index (χ4n) is 2.20. The Hall–Kier alpha value is -2.13. The van der Waals surface area contributed by atoms with Gasteiger partial charge in [0.2, 0.25) is 0 Å². The van der Waals surface area contributed by atoms with Crippen molar-refractivity contribution in [2.75, 3.05) is 0 Å². The average molecular weight is 237 g/mol. The third kappa shape index (κ3) is 2.00. The number of hydrogen-bond acceptors (Lipinski definition) is 2. The second-order valence-electron chi connectivity index (χ2n) is 4.40. The third-order valence-corrected chi connectivity index (χ3v) is 3.15. The lowest BCUT2D eigenvalue weighted by Crippen LogP contribution is -1.99. The van der Waals surface area contributed by atoms with E-state index in [0.717, 1.165) is 6.54 Å². The van der Waals surface area contributed by atoms with Crippen molar-refractivity contribution < 1.29 is 0 Å². The molecule has 0 aliphatic rings. The fraction of sp³-hybridized carbons (Fsp3) is 0.133. The first kappa shape index (κ1) is 11.0. The summed E-state index contributed by atoms with van der Waals surface area (Å²) >= 11 is 0. The first-order chi connectivity index (χ1) is 8.86. The first-order valence-electron chi connectivity index (χ1n) is 6.03. The van der Waals surface area contributed by atoms with Gasteiger partial charge in [0.1, 0.15) is 0 Å². The van der Waals surface area contributed by atoms with Crippen molar-refractivity contribution in [3.8, 4) is 0 Å². The summed E-state index contributed by atoms with van der Waals surface area (Å²) in [6.45, 7) is 1.43. The molecule has 0 unspecified atom stereocenters. The predicted molar refractivity (Wildman–Crippen MR) is 73.2 cm³/mol. The van der Waals surface area contributed by atoms with Gasteiger partial charge in [0.15, 0.2) is 0 Å². The quantitative estimate of drug-likeness (QED) is 0.760. The van der Waals surface area contributed by atoms with Crippen LogP contribution in [0.4, 0.5) is 0 Å². The van der Waals surface area contributed by atoms with E-state index >= 15 is 0 Å². The van der Waals surface area contributed by atoms with Gasteiger partial charge in [-0.1, -0.05) is 12.1 Å². The normalized spacial score (nSPS) is 10.9. The molecule has 0 amide bonds. The molecule has 3 nitrogen and oxygen atoms in total. The molecule has 0 aliphatic heterocycles. The van der Waals surface area contributed by atoms with Gasteiger partial charge in [-0.05, 0) is 40.8 Å². The molecule has 3 heteroatoms. The number of pyridine rings is 1. The smallest absolute Gasteiger partial charge is 0.0491 e. The maximum Gasteiger partial charge on any atom is 0.0491 e. The van der Waals surface area contributed by atoms with Gasteiger partial charge >= 0.3 is 0 Å². The summed E-state index contributed by atoms with van der Waals surface area (Å²) in [6, 6.07) is 12.6. The number of aromatic nitrogens is 2. The molecule has 2 aromatic heterocycles. The lowest BCUT2D eigenvalue weighted by atomic mass is 10.1. The second-order valence-corrected chi connectivity index (χ2v) is 4.40. The Morgan fingerprint density at radius 1 is 1.11 bits per heavy atom. The number of nitrogens with zero attached hydrogens (tertiary/aromatic N) is 2. The van der Waals surface area contributed by atoms with Crippen LogP contribution in [0.25, 0.3) is 10.9 Å². The highest BCUT2D eigenvalue weighted by atomic mass is 15.0. The number of fused-ring (bicyclic) bond motifs is 1. The van der Waals surface area contributed by atoms with Gasteiger partial charge in [-0.3, -0.25) is 4.98 Å². The number of hydrogen-bond donors (Lipinski definition) is 1. The van der Waals surface area contributed by atoms with Gasteiger partial charge in [-0.15, -0.1) is 0 Å². The van der Waals surface area contributed by atoms with Crippen LogP contribution in [0.1, 0.15) is 11.1 Å². The largest absolute Gasteiger partial charge is 0.343 e. The van der Waals surface area contributed by atoms with E-state index in [4.69, 9.17) is 5.73 Å². The van der Waals surface area contributed by atoms with E-state index < -0.39 is 0 Å². The van der Waals surface area contributed by atoms with Gasteiger partial charge in [0, 0.05) is 37.2 Å². The Morgan fingerprint density at radius 3 is 2.83 bits per heavy atom. The molecular formula is C15H15N3. The molecule has 2 heterocycles. The van der Waals surface area contributed by atoms with Gasteiger partial charge in [0.05, 0.1) is 0 Å². The summed E-state index contributed by atoms with van der Waals surface area (Å²) < 4.78 is 2.23. The Labute approximate surface area is 106 Å². The van der Waals surface area contributed by atoms with Crippen LogP contribution in [-0.4, -0.2) is 9.55 Å². The van der Waals surface area contributed by atoms with Crippen LogP contribution in [-0.2, 0) is 13.1 Å². The van der Waals surface area contributed by atoms with Crippen molar-refractivity contribution in [2.24, 2.45) is 5.73 Å². The summed E-state index contributed by atoms with van der Waals surface area (Å²) in [5.74, 6) is 0. The molecule has 3 rings (SSSR count). The monoisotopic (exact) mass is 237 g/mol. The molecule has 2 N–H and O–H groups in total. The molecule has 18 heavy (non-hydrogen) atoms. The molecule has 0 spiro atoms. The van der Waals surface area contributed by atoms with Crippen molar-refractivity contribution in [3.63, 3.8) is 0 Å². The van der Waals surface area contributed by atoms with Crippen molar-refractivity contribution in [1.29, 1.82) is 0 Å². The maximum atomic E-state index is 5.66. The Kier molecular flexibility index (Phi) is 2.82. The lowest BCUT2D eigenvalue weighted by Gasteiger charge is -2.05.